The van der Waals surface area contributed by atoms with E-state index < -0.39 is 11.7 Å². The van der Waals surface area contributed by atoms with Crippen molar-refractivity contribution >= 4 is 39.0 Å². The number of nitrogens with one attached hydrogen (secondary N) is 1. The first-order valence-corrected chi connectivity index (χ1v) is 8.32. The Morgan fingerprint density at radius 1 is 1.50 bits per heavy atom. The maximum Gasteiger partial charge on any atom is 0.405 e. The second kappa shape index (κ2) is 6.24. The molecule has 1 saturated heterocycles. The van der Waals surface area contributed by atoms with Gasteiger partial charge in [0.1, 0.15) is 16.3 Å². The summed E-state index contributed by atoms with van der Waals surface area (Å²) in [5.41, 5.74) is 5.33. The predicted octanol–water partition coefficient (Wildman–Crippen LogP) is 1.83. The van der Waals surface area contributed by atoms with Gasteiger partial charge in [0.15, 0.2) is 11.3 Å². The van der Waals surface area contributed by atoms with Crippen LogP contribution in [0.4, 0.5) is 10.7 Å². The predicted molar refractivity (Wildman–Crippen MR) is 89.2 cm³/mol. The molecule has 2 aromatic rings. The normalized spacial score (nSPS) is 16.8. The highest BCUT2D eigenvalue weighted by Gasteiger charge is 2.37. The van der Waals surface area contributed by atoms with E-state index in [2.05, 4.69) is 42.2 Å². The van der Waals surface area contributed by atoms with Crippen LogP contribution in [0.2, 0.25) is 0 Å². The van der Waals surface area contributed by atoms with Crippen molar-refractivity contribution in [3.8, 4) is 6.07 Å². The fourth-order valence-corrected chi connectivity index (χ4v) is 3.41. The number of hydrogen-bond donors (Lipinski definition) is 2. The second-order valence-corrected chi connectivity index (χ2v) is 6.46. The zero-order valence-corrected chi connectivity index (χ0v) is 14.6. The Labute approximate surface area is 146 Å². The number of amides is 1. The molecule has 3 rings (SSSR count). The fourth-order valence-electron chi connectivity index (χ4n) is 2.96. The van der Waals surface area contributed by atoms with E-state index in [9.17, 15) is 10.1 Å². The van der Waals surface area contributed by atoms with Crippen molar-refractivity contribution in [2.45, 2.75) is 31.8 Å². The summed E-state index contributed by atoms with van der Waals surface area (Å²) in [6, 6.07) is 2.08. The number of aromatic amines is 1. The summed E-state index contributed by atoms with van der Waals surface area (Å²) < 4.78 is 5.91. The Bertz CT molecular complexity index is 820. The summed E-state index contributed by atoms with van der Waals surface area (Å²) in [5.74, 6) is 0.446. The van der Waals surface area contributed by atoms with Crippen molar-refractivity contribution in [2.75, 3.05) is 18.0 Å². The molecule has 0 atom stereocenters. The van der Waals surface area contributed by atoms with Gasteiger partial charge in [-0.3, -0.25) is 5.10 Å². The molecule has 2 aromatic heterocycles. The van der Waals surface area contributed by atoms with Gasteiger partial charge >= 0.3 is 6.09 Å². The Kier molecular flexibility index (Phi) is 4.28. The van der Waals surface area contributed by atoms with Crippen LogP contribution in [0.25, 0.3) is 11.0 Å². The molecule has 3 heterocycles. The topological polar surface area (TPSA) is 134 Å². The number of nitrogens with zero attached hydrogens (tertiary/aromatic N) is 5. The molecule has 0 bridgehead atoms. The molecule has 0 aromatic carbocycles. The van der Waals surface area contributed by atoms with E-state index in [0.29, 0.717) is 53.9 Å². The van der Waals surface area contributed by atoms with Gasteiger partial charge in [-0.2, -0.15) is 15.3 Å². The number of ether oxygens (including phenoxy) is 1. The van der Waals surface area contributed by atoms with Gasteiger partial charge in [-0.15, -0.1) is 0 Å². The van der Waals surface area contributed by atoms with Gasteiger partial charge in [0, 0.05) is 25.9 Å². The third-order valence-electron chi connectivity index (χ3n) is 4.38. The molecule has 24 heavy (non-hydrogen) atoms. The Morgan fingerprint density at radius 2 is 2.21 bits per heavy atom. The number of H-pyrrole nitrogens is 1. The van der Waals surface area contributed by atoms with E-state index >= 15 is 0 Å². The number of nitrogens with two attached hydrogens (primary N) is 1. The molecule has 1 amide bonds. The number of halogens is 1. The first kappa shape index (κ1) is 16.4. The SMILES string of the molecule is CCC1(OC(N)=O)CCN(c2nc(C#N)c3c(Br)[nH]nc3n2)CC1. The first-order valence-electron chi connectivity index (χ1n) is 7.53. The van der Waals surface area contributed by atoms with Gasteiger partial charge in [-0.1, -0.05) is 6.92 Å². The van der Waals surface area contributed by atoms with E-state index in [1.54, 1.807) is 0 Å². The molecule has 0 saturated carbocycles. The Balaban J connectivity index is 1.86. The number of hydrogen-bond acceptors (Lipinski definition) is 7. The second-order valence-electron chi connectivity index (χ2n) is 5.66. The maximum absolute atomic E-state index is 11.1. The minimum atomic E-state index is -0.754. The largest absolute Gasteiger partial charge is 0.443 e. The lowest BCUT2D eigenvalue weighted by Crippen LogP contribution is -2.48. The van der Waals surface area contributed by atoms with E-state index in [0.717, 1.165) is 0 Å². The number of piperidine rings is 1. The van der Waals surface area contributed by atoms with Crippen molar-refractivity contribution in [2.24, 2.45) is 5.73 Å². The van der Waals surface area contributed by atoms with Gasteiger partial charge in [-0.05, 0) is 22.4 Å². The van der Waals surface area contributed by atoms with Crippen molar-refractivity contribution in [3.05, 3.63) is 10.3 Å². The quantitative estimate of drug-likeness (QED) is 0.811. The Hall–Kier alpha value is -2.41. The minimum absolute atomic E-state index is 0.260. The van der Waals surface area contributed by atoms with E-state index in [1.165, 1.54) is 0 Å². The molecule has 3 N–H and O–H groups in total. The lowest BCUT2D eigenvalue weighted by Gasteiger charge is -2.40. The van der Waals surface area contributed by atoms with Crippen LogP contribution in [0.1, 0.15) is 31.9 Å². The number of nitriles is 1. The van der Waals surface area contributed by atoms with Crippen molar-refractivity contribution in [1.29, 1.82) is 5.26 Å². The lowest BCUT2D eigenvalue weighted by molar-refractivity contribution is -0.00546. The van der Waals surface area contributed by atoms with Crippen LogP contribution in [-0.4, -0.2) is 44.9 Å². The van der Waals surface area contributed by atoms with Crippen LogP contribution in [0.15, 0.2) is 4.60 Å². The average molecular weight is 394 g/mol. The Morgan fingerprint density at radius 3 is 2.79 bits per heavy atom. The summed E-state index contributed by atoms with van der Waals surface area (Å²) in [7, 11) is 0. The van der Waals surface area contributed by atoms with Crippen molar-refractivity contribution in [3.63, 3.8) is 0 Å². The molecule has 1 aliphatic heterocycles. The molecule has 10 heteroatoms. The third kappa shape index (κ3) is 2.87. The highest BCUT2D eigenvalue weighted by atomic mass is 79.9. The van der Waals surface area contributed by atoms with Crippen LogP contribution in [0, 0.1) is 11.3 Å². The van der Waals surface area contributed by atoms with Crippen LogP contribution >= 0.6 is 15.9 Å². The number of fused-ring (bicyclic) bond motifs is 1. The molecular formula is C14H16BrN7O2. The number of primary amides is 1. The number of anilines is 1. The van der Waals surface area contributed by atoms with E-state index in [1.807, 2.05) is 11.8 Å². The third-order valence-corrected chi connectivity index (χ3v) is 4.96. The monoisotopic (exact) mass is 393 g/mol. The zero-order chi connectivity index (χ0) is 17.3. The van der Waals surface area contributed by atoms with E-state index in [-0.39, 0.29) is 5.69 Å². The number of carbonyl (C=O) groups excluding carboxylic acids is 1. The fraction of sp³-hybridized carbons (Fsp3) is 0.500. The summed E-state index contributed by atoms with van der Waals surface area (Å²) >= 11 is 3.30. The molecular weight excluding hydrogens is 378 g/mol. The van der Waals surface area contributed by atoms with Gasteiger partial charge in [-0.25, -0.2) is 9.78 Å². The van der Waals surface area contributed by atoms with Crippen LogP contribution in [0.5, 0.6) is 0 Å². The van der Waals surface area contributed by atoms with Crippen molar-refractivity contribution < 1.29 is 9.53 Å². The lowest BCUT2D eigenvalue weighted by atomic mass is 9.88. The summed E-state index contributed by atoms with van der Waals surface area (Å²) in [6.45, 7) is 3.17. The standard InChI is InChI=1S/C14H16BrN7O2/c1-2-14(24-12(17)23)3-5-22(6-4-14)13-18-8(7-16)9-10(15)20-21-11(9)19-13/h2-6H2,1H3,(H2,17,23)(H,18,19,20,21). The van der Waals surface area contributed by atoms with E-state index in [4.69, 9.17) is 10.5 Å². The smallest absolute Gasteiger partial charge is 0.405 e. The highest BCUT2D eigenvalue weighted by molar-refractivity contribution is 9.10. The molecule has 0 radical (unpaired) electrons. The zero-order valence-electron chi connectivity index (χ0n) is 13.0. The van der Waals surface area contributed by atoms with Gasteiger partial charge < -0.3 is 15.4 Å². The molecule has 9 nitrogen and oxygen atoms in total. The van der Waals surface area contributed by atoms with Gasteiger partial charge in [0.25, 0.3) is 0 Å². The first-order chi connectivity index (χ1) is 11.5. The molecule has 1 aliphatic rings. The van der Waals surface area contributed by atoms with Crippen molar-refractivity contribution in [1.82, 2.24) is 20.2 Å². The molecule has 0 unspecified atom stereocenters. The average Bonchev–Trinajstić information content (AvgIpc) is 2.95. The van der Waals surface area contributed by atoms with Crippen LogP contribution in [-0.2, 0) is 4.74 Å². The number of carbonyl (C=O) groups is 1. The molecule has 1 fully saturated rings. The van der Waals surface area contributed by atoms with Crippen LogP contribution < -0.4 is 10.6 Å². The molecule has 126 valence electrons. The minimum Gasteiger partial charge on any atom is -0.443 e. The number of rotatable bonds is 3. The van der Waals surface area contributed by atoms with Gasteiger partial charge in [0.2, 0.25) is 5.95 Å². The summed E-state index contributed by atoms with van der Waals surface area (Å²) in [4.78, 5) is 21.8. The highest BCUT2D eigenvalue weighted by Crippen LogP contribution is 2.32. The van der Waals surface area contributed by atoms with Crippen LogP contribution in [0.3, 0.4) is 0 Å². The summed E-state index contributed by atoms with van der Waals surface area (Å²) in [5, 5.41) is 16.7. The van der Waals surface area contributed by atoms with Gasteiger partial charge in [0.05, 0.1) is 5.39 Å². The molecule has 0 aliphatic carbocycles. The molecule has 0 spiro atoms. The maximum atomic E-state index is 11.1. The summed E-state index contributed by atoms with van der Waals surface area (Å²) in [6.07, 6.45) is 1.19. The number of aromatic nitrogens is 4.